The summed E-state index contributed by atoms with van der Waals surface area (Å²) in [6, 6.07) is 13.9. The molecule has 1 fully saturated rings. The van der Waals surface area contributed by atoms with Gasteiger partial charge in [-0.2, -0.15) is 20.1 Å². The fourth-order valence-corrected chi connectivity index (χ4v) is 3.39. The Bertz CT molecular complexity index is 1140. The maximum absolute atomic E-state index is 11.2. The Morgan fingerprint density at radius 1 is 1.09 bits per heavy atom. The van der Waals surface area contributed by atoms with Crippen molar-refractivity contribution in [1.29, 1.82) is 0 Å². The first kappa shape index (κ1) is 21.6. The Morgan fingerprint density at radius 2 is 1.88 bits per heavy atom. The standard InChI is InChI=1S/C20H19BrN8O3/c21-15-5-3-6-16(12-15)23-18-24-19(26-20(25-18)28-8-10-32-11-9-28)27-22-13-14-4-1-2-7-17(14)29(30)31/h1-7,12-13H,8-11H2,(H2,23,24,25,26,27)/b22-13+. The van der Waals surface area contributed by atoms with E-state index in [1.807, 2.05) is 29.2 Å². The van der Waals surface area contributed by atoms with Crippen LogP contribution in [0.5, 0.6) is 0 Å². The molecule has 3 aromatic rings. The number of aromatic nitrogens is 3. The second kappa shape index (κ2) is 10.1. The van der Waals surface area contributed by atoms with Crippen LogP contribution in [0.4, 0.5) is 29.2 Å². The first-order valence-electron chi connectivity index (χ1n) is 9.72. The van der Waals surface area contributed by atoms with Crippen molar-refractivity contribution in [1.82, 2.24) is 15.0 Å². The summed E-state index contributed by atoms with van der Waals surface area (Å²) in [6.45, 7) is 2.47. The Hall–Kier alpha value is -3.64. The molecule has 0 atom stereocenters. The highest BCUT2D eigenvalue weighted by molar-refractivity contribution is 9.10. The number of anilines is 4. The molecule has 2 aromatic carbocycles. The molecule has 1 aliphatic rings. The fourth-order valence-electron chi connectivity index (χ4n) is 2.99. The van der Waals surface area contributed by atoms with Crippen molar-refractivity contribution in [3.8, 4) is 0 Å². The molecule has 1 aromatic heterocycles. The molecule has 164 valence electrons. The summed E-state index contributed by atoms with van der Waals surface area (Å²) in [4.78, 5) is 26.1. The summed E-state index contributed by atoms with van der Waals surface area (Å²) >= 11 is 3.44. The molecule has 0 unspecified atom stereocenters. The molecular formula is C20H19BrN8O3. The average molecular weight is 499 g/mol. The third-order valence-electron chi connectivity index (χ3n) is 4.50. The van der Waals surface area contributed by atoms with Crippen molar-refractivity contribution in [3.05, 3.63) is 68.7 Å². The zero-order chi connectivity index (χ0) is 22.3. The van der Waals surface area contributed by atoms with E-state index in [-0.39, 0.29) is 11.6 Å². The van der Waals surface area contributed by atoms with Crippen LogP contribution in [-0.4, -0.2) is 52.4 Å². The number of nitrogens with one attached hydrogen (secondary N) is 2. The molecule has 12 heteroatoms. The van der Waals surface area contributed by atoms with Crippen LogP contribution in [-0.2, 0) is 4.74 Å². The van der Waals surface area contributed by atoms with Gasteiger partial charge in [0, 0.05) is 29.3 Å². The van der Waals surface area contributed by atoms with E-state index < -0.39 is 4.92 Å². The van der Waals surface area contributed by atoms with Gasteiger partial charge in [0.1, 0.15) is 0 Å². The van der Waals surface area contributed by atoms with Crippen molar-refractivity contribution in [3.63, 3.8) is 0 Å². The summed E-state index contributed by atoms with van der Waals surface area (Å²) in [6.07, 6.45) is 1.36. The van der Waals surface area contributed by atoms with Crippen molar-refractivity contribution in [2.45, 2.75) is 0 Å². The van der Waals surface area contributed by atoms with E-state index in [1.54, 1.807) is 18.2 Å². The van der Waals surface area contributed by atoms with E-state index in [4.69, 9.17) is 4.74 Å². The Labute approximate surface area is 191 Å². The molecule has 0 aliphatic carbocycles. The summed E-state index contributed by atoms with van der Waals surface area (Å²) < 4.78 is 6.32. The number of nitro benzene ring substituents is 1. The van der Waals surface area contributed by atoms with Gasteiger partial charge in [-0.05, 0) is 24.3 Å². The van der Waals surface area contributed by atoms with Gasteiger partial charge in [0.05, 0.1) is 29.9 Å². The number of morpholine rings is 1. The minimum Gasteiger partial charge on any atom is -0.378 e. The quantitative estimate of drug-likeness (QED) is 0.285. The lowest BCUT2D eigenvalue weighted by molar-refractivity contribution is -0.385. The molecule has 2 heterocycles. The third kappa shape index (κ3) is 5.53. The van der Waals surface area contributed by atoms with Crippen LogP contribution in [0.1, 0.15) is 5.56 Å². The number of para-hydroxylation sites is 1. The summed E-state index contributed by atoms with van der Waals surface area (Å²) in [5, 5.41) is 18.4. The van der Waals surface area contributed by atoms with Crippen molar-refractivity contribution in [2.24, 2.45) is 5.10 Å². The highest BCUT2D eigenvalue weighted by atomic mass is 79.9. The van der Waals surface area contributed by atoms with Gasteiger partial charge in [-0.1, -0.05) is 34.1 Å². The van der Waals surface area contributed by atoms with Gasteiger partial charge in [0.25, 0.3) is 5.69 Å². The maximum Gasteiger partial charge on any atom is 0.278 e. The molecule has 0 saturated carbocycles. The topological polar surface area (TPSA) is 131 Å². The first-order valence-corrected chi connectivity index (χ1v) is 10.5. The predicted molar refractivity (Wildman–Crippen MR) is 125 cm³/mol. The highest BCUT2D eigenvalue weighted by Gasteiger charge is 2.17. The molecule has 0 spiro atoms. The molecule has 11 nitrogen and oxygen atoms in total. The number of ether oxygens (including phenoxy) is 1. The van der Waals surface area contributed by atoms with Crippen LogP contribution in [0.15, 0.2) is 58.1 Å². The number of benzene rings is 2. The van der Waals surface area contributed by atoms with Crippen LogP contribution in [0, 0.1) is 10.1 Å². The normalized spacial score (nSPS) is 13.8. The number of rotatable bonds is 7. The summed E-state index contributed by atoms with van der Waals surface area (Å²) in [5.74, 6) is 1.01. The predicted octanol–water partition coefficient (Wildman–Crippen LogP) is 3.57. The lowest BCUT2D eigenvalue weighted by Gasteiger charge is -2.27. The van der Waals surface area contributed by atoms with Crippen LogP contribution in [0.2, 0.25) is 0 Å². The van der Waals surface area contributed by atoms with Crippen molar-refractivity contribution in [2.75, 3.05) is 41.9 Å². The number of nitro groups is 1. The van der Waals surface area contributed by atoms with Gasteiger partial charge in [-0.25, -0.2) is 5.43 Å². The summed E-state index contributed by atoms with van der Waals surface area (Å²) in [5.41, 5.74) is 3.87. The van der Waals surface area contributed by atoms with Gasteiger partial charge in [0.15, 0.2) is 0 Å². The Morgan fingerprint density at radius 3 is 2.66 bits per heavy atom. The average Bonchev–Trinajstić information content (AvgIpc) is 2.80. The first-order chi connectivity index (χ1) is 15.6. The zero-order valence-corrected chi connectivity index (χ0v) is 18.4. The van der Waals surface area contributed by atoms with Gasteiger partial charge in [-0.3, -0.25) is 10.1 Å². The molecule has 1 saturated heterocycles. The van der Waals surface area contributed by atoms with E-state index >= 15 is 0 Å². The van der Waals surface area contributed by atoms with E-state index in [2.05, 4.69) is 46.7 Å². The number of hydrogen-bond donors (Lipinski definition) is 2. The number of halogens is 1. The lowest BCUT2D eigenvalue weighted by atomic mass is 10.2. The molecule has 4 rings (SSSR count). The zero-order valence-electron chi connectivity index (χ0n) is 16.8. The van der Waals surface area contributed by atoms with Crippen LogP contribution in [0.25, 0.3) is 0 Å². The minimum absolute atomic E-state index is 0.0419. The fraction of sp³-hybridized carbons (Fsp3) is 0.200. The SMILES string of the molecule is O=[N+]([O-])c1ccccc1/C=N/Nc1nc(Nc2cccc(Br)c2)nc(N2CCOCC2)n1. The summed E-state index contributed by atoms with van der Waals surface area (Å²) in [7, 11) is 0. The molecule has 0 bridgehead atoms. The van der Waals surface area contributed by atoms with E-state index in [0.717, 1.165) is 10.2 Å². The van der Waals surface area contributed by atoms with Gasteiger partial charge >= 0.3 is 0 Å². The molecular weight excluding hydrogens is 480 g/mol. The van der Waals surface area contributed by atoms with E-state index in [0.29, 0.717) is 43.8 Å². The van der Waals surface area contributed by atoms with Crippen LogP contribution >= 0.6 is 15.9 Å². The second-order valence-corrected chi connectivity index (χ2v) is 7.62. The van der Waals surface area contributed by atoms with Crippen molar-refractivity contribution >= 4 is 51.4 Å². The Kier molecular flexibility index (Phi) is 6.82. The van der Waals surface area contributed by atoms with Crippen LogP contribution in [0.3, 0.4) is 0 Å². The molecule has 1 aliphatic heterocycles. The van der Waals surface area contributed by atoms with Crippen LogP contribution < -0.4 is 15.6 Å². The molecule has 2 N–H and O–H groups in total. The minimum atomic E-state index is -0.458. The van der Waals surface area contributed by atoms with Gasteiger partial charge in [-0.15, -0.1) is 0 Å². The van der Waals surface area contributed by atoms with E-state index in [1.165, 1.54) is 12.3 Å². The van der Waals surface area contributed by atoms with Crippen molar-refractivity contribution < 1.29 is 9.66 Å². The highest BCUT2D eigenvalue weighted by Crippen LogP contribution is 2.21. The molecule has 0 amide bonds. The van der Waals surface area contributed by atoms with Gasteiger partial charge in [0.2, 0.25) is 17.8 Å². The third-order valence-corrected chi connectivity index (χ3v) is 4.99. The monoisotopic (exact) mass is 498 g/mol. The second-order valence-electron chi connectivity index (χ2n) is 6.70. The lowest BCUT2D eigenvalue weighted by Crippen LogP contribution is -2.37. The smallest absolute Gasteiger partial charge is 0.278 e. The molecule has 32 heavy (non-hydrogen) atoms. The number of nitrogens with zero attached hydrogens (tertiary/aromatic N) is 6. The molecule has 0 radical (unpaired) electrons. The van der Waals surface area contributed by atoms with E-state index in [9.17, 15) is 10.1 Å². The number of hydrazone groups is 1. The Balaban J connectivity index is 1.59. The maximum atomic E-state index is 11.2. The largest absolute Gasteiger partial charge is 0.378 e. The van der Waals surface area contributed by atoms with Gasteiger partial charge < -0.3 is 15.0 Å². The number of hydrogen-bond acceptors (Lipinski definition) is 10.